The molecule has 0 unspecified atom stereocenters. The number of sulfone groups is 1. The molecule has 1 N–H and O–H groups in total. The smallest absolute Gasteiger partial charge is 0.313 e. The molecule has 36 heavy (non-hydrogen) atoms. The Morgan fingerprint density at radius 1 is 1.00 bits per heavy atom. The molecule has 0 aromatic heterocycles. The number of nitrogens with zero attached hydrogens (tertiary/aromatic N) is 1. The molecule has 0 saturated carbocycles. The Morgan fingerprint density at radius 2 is 1.69 bits per heavy atom. The second-order valence-electron chi connectivity index (χ2n) is 8.97. The van der Waals surface area contributed by atoms with Crippen LogP contribution in [0.25, 0.3) is 0 Å². The van der Waals surface area contributed by atoms with Crippen molar-refractivity contribution in [3.8, 4) is 11.5 Å². The minimum atomic E-state index is -3.12. The Labute approximate surface area is 209 Å². The molecular weight excluding hydrogens is 482 g/mol. The van der Waals surface area contributed by atoms with Crippen LogP contribution in [0.1, 0.15) is 39.0 Å². The van der Waals surface area contributed by atoms with Crippen LogP contribution < -0.4 is 14.4 Å². The van der Waals surface area contributed by atoms with Gasteiger partial charge in [0.2, 0.25) is 0 Å². The molecule has 8 nitrogen and oxygen atoms in total. The second-order valence-corrected chi connectivity index (χ2v) is 11.2. The fraction of sp³-hybridized carbons (Fsp3) is 0.259. The number of rotatable bonds is 6. The van der Waals surface area contributed by atoms with Gasteiger partial charge in [-0.2, -0.15) is 0 Å². The zero-order chi connectivity index (χ0) is 25.4. The zero-order valence-electron chi connectivity index (χ0n) is 19.6. The second kappa shape index (κ2) is 9.31. The largest absolute Gasteiger partial charge is 0.486 e. The third kappa shape index (κ3) is 4.54. The molecule has 0 spiro atoms. The minimum Gasteiger partial charge on any atom is -0.486 e. The number of carbonyl (C=O) groups is 2. The highest BCUT2D eigenvalue weighted by molar-refractivity contribution is 7.90. The zero-order valence-corrected chi connectivity index (χ0v) is 20.4. The van der Waals surface area contributed by atoms with Gasteiger partial charge in [0.25, 0.3) is 5.91 Å². The van der Waals surface area contributed by atoms with E-state index in [0.29, 0.717) is 53.5 Å². The summed E-state index contributed by atoms with van der Waals surface area (Å²) in [6, 6.07) is 18.2. The number of carbonyl (C=O) groups excluding carboxylic acids is 1. The van der Waals surface area contributed by atoms with E-state index in [1.54, 1.807) is 66.7 Å². The molecular formula is C27H25NO7S. The van der Waals surface area contributed by atoms with Crippen LogP contribution in [0.15, 0.2) is 66.7 Å². The fourth-order valence-corrected chi connectivity index (χ4v) is 5.40. The number of carboxylic acid groups (broad SMARTS) is 1. The molecule has 2 aliphatic rings. The van der Waals surface area contributed by atoms with Crippen molar-refractivity contribution < 1.29 is 32.6 Å². The Kier molecular flexibility index (Phi) is 6.17. The topological polar surface area (TPSA) is 110 Å². The van der Waals surface area contributed by atoms with Gasteiger partial charge in [0.05, 0.1) is 11.8 Å². The predicted octanol–water partition coefficient (Wildman–Crippen LogP) is 3.61. The van der Waals surface area contributed by atoms with E-state index >= 15 is 0 Å². The number of anilines is 1. The number of carboxylic acids is 1. The average molecular weight is 508 g/mol. The Morgan fingerprint density at radius 3 is 2.39 bits per heavy atom. The molecule has 186 valence electrons. The summed E-state index contributed by atoms with van der Waals surface area (Å²) in [6.45, 7) is 0.807. The van der Waals surface area contributed by atoms with Crippen molar-refractivity contribution in [3.63, 3.8) is 0 Å². The molecule has 0 saturated heterocycles. The molecule has 5 rings (SSSR count). The van der Waals surface area contributed by atoms with Crippen LogP contribution in [0.5, 0.6) is 11.5 Å². The number of aryl methyl sites for hydroxylation is 1. The van der Waals surface area contributed by atoms with Crippen molar-refractivity contribution >= 4 is 27.4 Å². The maximum Gasteiger partial charge on any atom is 0.313 e. The number of hydrogen-bond donors (Lipinski definition) is 1. The highest BCUT2D eigenvalue weighted by Crippen LogP contribution is 2.46. The van der Waals surface area contributed by atoms with E-state index in [-0.39, 0.29) is 11.7 Å². The number of amides is 1. The van der Waals surface area contributed by atoms with Gasteiger partial charge in [0.15, 0.2) is 11.5 Å². The number of aliphatic carboxylic acids is 1. The third-order valence-corrected chi connectivity index (χ3v) is 7.43. The van der Waals surface area contributed by atoms with Gasteiger partial charge in [-0.15, -0.1) is 0 Å². The molecule has 9 heteroatoms. The van der Waals surface area contributed by atoms with Crippen LogP contribution in [0, 0.1) is 0 Å². The quantitative estimate of drug-likeness (QED) is 0.543. The van der Waals surface area contributed by atoms with Crippen LogP contribution in [-0.2, 0) is 21.1 Å². The van der Waals surface area contributed by atoms with E-state index in [0.717, 1.165) is 5.56 Å². The van der Waals surface area contributed by atoms with Crippen molar-refractivity contribution in [2.45, 2.75) is 18.4 Å². The monoisotopic (exact) mass is 507 g/mol. The summed E-state index contributed by atoms with van der Waals surface area (Å²) in [5.41, 5.74) is 2.72. The first-order chi connectivity index (χ1) is 17.2. The third-order valence-electron chi connectivity index (χ3n) is 6.49. The van der Waals surface area contributed by atoms with Crippen LogP contribution in [-0.4, -0.2) is 50.6 Å². The lowest BCUT2D eigenvalue weighted by molar-refractivity contribution is -0.139. The molecule has 2 atom stereocenters. The molecule has 0 radical (unpaired) electrons. The number of hydrogen-bond acceptors (Lipinski definition) is 6. The van der Waals surface area contributed by atoms with Gasteiger partial charge in [-0.3, -0.25) is 14.5 Å². The summed E-state index contributed by atoms with van der Waals surface area (Å²) in [5, 5.41) is 10.3. The molecule has 3 aromatic carbocycles. The summed E-state index contributed by atoms with van der Waals surface area (Å²) in [4.78, 5) is 28.0. The highest BCUT2D eigenvalue weighted by Gasteiger charge is 2.45. The van der Waals surface area contributed by atoms with Crippen molar-refractivity contribution in [1.29, 1.82) is 0 Å². The van der Waals surface area contributed by atoms with Crippen LogP contribution in [0.4, 0.5) is 5.69 Å². The normalized spacial score (nSPS) is 19.0. The first kappa shape index (κ1) is 23.9. The van der Waals surface area contributed by atoms with Gasteiger partial charge >= 0.3 is 5.97 Å². The van der Waals surface area contributed by atoms with Crippen LogP contribution >= 0.6 is 0 Å². The van der Waals surface area contributed by atoms with E-state index in [1.165, 1.54) is 11.2 Å². The SMILES string of the molecule is CS(=O)(=O)CCc1ccc(N2C(=O)c3ccccc3[C@@H](C(=O)O)[C@@H]2c2ccc3c(c2)OCCO3)cc1. The van der Waals surface area contributed by atoms with E-state index in [1.807, 2.05) is 0 Å². The van der Waals surface area contributed by atoms with Crippen LogP contribution in [0.2, 0.25) is 0 Å². The minimum absolute atomic E-state index is 0.0171. The molecule has 2 aliphatic heterocycles. The Balaban J connectivity index is 1.62. The van der Waals surface area contributed by atoms with Crippen molar-refractivity contribution in [1.82, 2.24) is 0 Å². The van der Waals surface area contributed by atoms with Gasteiger partial charge in [-0.05, 0) is 53.4 Å². The molecule has 0 aliphatic carbocycles. The Hall–Kier alpha value is -3.85. The van der Waals surface area contributed by atoms with E-state index in [9.17, 15) is 23.1 Å². The van der Waals surface area contributed by atoms with Gasteiger partial charge in [0, 0.05) is 17.5 Å². The lowest BCUT2D eigenvalue weighted by atomic mass is 9.79. The highest BCUT2D eigenvalue weighted by atomic mass is 32.2. The molecule has 0 fully saturated rings. The Bertz CT molecular complexity index is 1430. The fourth-order valence-electron chi connectivity index (χ4n) is 4.80. The number of ether oxygens (including phenoxy) is 2. The standard InChI is InChI=1S/C27H25NO7S/c1-36(32,33)15-12-17-6-9-19(10-7-17)28-25(18-8-11-22-23(16-18)35-14-13-34-22)24(27(30)31)20-4-2-3-5-21(20)26(28)29/h2-11,16,24-25H,12-15H2,1H3,(H,30,31)/t24-,25+/m1/s1. The summed E-state index contributed by atoms with van der Waals surface area (Å²) < 4.78 is 34.5. The summed E-state index contributed by atoms with van der Waals surface area (Å²) in [6.07, 6.45) is 1.54. The maximum atomic E-state index is 13.8. The van der Waals surface area contributed by atoms with Gasteiger partial charge in [0.1, 0.15) is 29.0 Å². The summed E-state index contributed by atoms with van der Waals surface area (Å²) >= 11 is 0. The lowest BCUT2D eigenvalue weighted by Crippen LogP contribution is -2.45. The number of fused-ring (bicyclic) bond motifs is 2. The van der Waals surface area contributed by atoms with Gasteiger partial charge in [-0.25, -0.2) is 8.42 Å². The lowest BCUT2D eigenvalue weighted by Gasteiger charge is -2.41. The molecule has 2 heterocycles. The van der Waals surface area contributed by atoms with E-state index in [2.05, 4.69) is 0 Å². The summed E-state index contributed by atoms with van der Waals surface area (Å²) in [7, 11) is -3.12. The first-order valence-corrected chi connectivity index (χ1v) is 13.6. The first-order valence-electron chi connectivity index (χ1n) is 11.5. The number of benzene rings is 3. The summed E-state index contributed by atoms with van der Waals surface area (Å²) in [5.74, 6) is -1.29. The van der Waals surface area contributed by atoms with E-state index in [4.69, 9.17) is 9.47 Å². The van der Waals surface area contributed by atoms with Gasteiger partial charge in [-0.1, -0.05) is 36.4 Å². The maximum absolute atomic E-state index is 13.8. The van der Waals surface area contributed by atoms with Gasteiger partial charge < -0.3 is 14.6 Å². The van der Waals surface area contributed by atoms with Crippen molar-refractivity contribution in [3.05, 3.63) is 89.0 Å². The van der Waals surface area contributed by atoms with Crippen LogP contribution in [0.3, 0.4) is 0 Å². The van der Waals surface area contributed by atoms with E-state index < -0.39 is 27.8 Å². The van der Waals surface area contributed by atoms with Crippen molar-refractivity contribution in [2.75, 3.05) is 30.1 Å². The molecule has 1 amide bonds. The molecule has 0 bridgehead atoms. The predicted molar refractivity (Wildman–Crippen MR) is 134 cm³/mol. The molecule has 3 aromatic rings. The average Bonchev–Trinajstić information content (AvgIpc) is 2.87. The van der Waals surface area contributed by atoms with Crippen molar-refractivity contribution in [2.24, 2.45) is 0 Å².